The van der Waals surface area contributed by atoms with Gasteiger partial charge in [0.1, 0.15) is 5.76 Å². The van der Waals surface area contributed by atoms with Crippen molar-refractivity contribution in [3.63, 3.8) is 0 Å². The number of nitrogens with zero attached hydrogens (tertiary/aromatic N) is 1. The minimum atomic E-state index is -3.50. The number of amides is 1. The lowest BCUT2D eigenvalue weighted by Gasteiger charge is -2.08. The molecule has 2 heterocycles. The summed E-state index contributed by atoms with van der Waals surface area (Å²) in [7, 11) is -0.606. The van der Waals surface area contributed by atoms with E-state index in [1.807, 2.05) is 0 Å². The van der Waals surface area contributed by atoms with E-state index in [2.05, 4.69) is 5.32 Å². The highest BCUT2D eigenvalue weighted by molar-refractivity contribution is 7.89. The Labute approximate surface area is 121 Å². The van der Waals surface area contributed by atoms with Gasteiger partial charge in [-0.25, -0.2) is 12.7 Å². The molecule has 0 saturated carbocycles. The largest absolute Gasteiger partial charge is 0.467 e. The lowest BCUT2D eigenvalue weighted by Crippen LogP contribution is -2.23. The van der Waals surface area contributed by atoms with Crippen molar-refractivity contribution in [1.82, 2.24) is 9.62 Å². The number of hydrogen-bond donors (Lipinski definition) is 1. The Hall–Kier alpha value is -1.64. The van der Waals surface area contributed by atoms with Crippen molar-refractivity contribution in [3.05, 3.63) is 40.5 Å². The van der Waals surface area contributed by atoms with Gasteiger partial charge in [0.15, 0.2) is 0 Å². The second kappa shape index (κ2) is 5.78. The average Bonchev–Trinajstić information content (AvgIpc) is 3.07. The molecule has 1 amide bonds. The van der Waals surface area contributed by atoms with Crippen molar-refractivity contribution >= 4 is 27.3 Å². The molecule has 2 aromatic heterocycles. The summed E-state index contributed by atoms with van der Waals surface area (Å²) in [4.78, 5) is 12.4. The zero-order valence-corrected chi connectivity index (χ0v) is 12.6. The number of furan rings is 1. The van der Waals surface area contributed by atoms with Crippen LogP contribution in [0.1, 0.15) is 15.4 Å². The van der Waals surface area contributed by atoms with Crippen LogP contribution in [0.25, 0.3) is 0 Å². The highest BCUT2D eigenvalue weighted by atomic mass is 32.2. The molecule has 2 rings (SSSR count). The highest BCUT2D eigenvalue weighted by Gasteiger charge is 2.20. The topological polar surface area (TPSA) is 79.6 Å². The van der Waals surface area contributed by atoms with Crippen molar-refractivity contribution in [3.8, 4) is 0 Å². The van der Waals surface area contributed by atoms with Crippen molar-refractivity contribution in [2.75, 3.05) is 14.1 Å². The standard InChI is InChI=1S/C12H14N2O4S2/c1-14(2)20(16,17)10-6-11(19-8-10)12(15)13-7-9-4-3-5-18-9/h3-6,8H,7H2,1-2H3,(H,13,15). The molecule has 20 heavy (non-hydrogen) atoms. The highest BCUT2D eigenvalue weighted by Crippen LogP contribution is 2.21. The number of sulfonamides is 1. The van der Waals surface area contributed by atoms with Crippen molar-refractivity contribution in [2.24, 2.45) is 0 Å². The summed E-state index contributed by atoms with van der Waals surface area (Å²) in [5.41, 5.74) is 0. The monoisotopic (exact) mass is 314 g/mol. The number of thiophene rings is 1. The van der Waals surface area contributed by atoms with Gasteiger partial charge in [0.25, 0.3) is 5.91 Å². The first-order valence-corrected chi connectivity index (χ1v) is 8.05. The van der Waals surface area contributed by atoms with Gasteiger partial charge >= 0.3 is 0 Å². The first kappa shape index (κ1) is 14.8. The Morgan fingerprint density at radius 1 is 1.45 bits per heavy atom. The number of rotatable bonds is 5. The first-order valence-electron chi connectivity index (χ1n) is 5.73. The van der Waals surface area contributed by atoms with E-state index in [0.29, 0.717) is 10.6 Å². The molecule has 0 aliphatic rings. The third-order valence-electron chi connectivity index (χ3n) is 2.58. The van der Waals surface area contributed by atoms with Gasteiger partial charge in [-0.1, -0.05) is 0 Å². The second-order valence-electron chi connectivity index (χ2n) is 4.20. The molecular weight excluding hydrogens is 300 g/mol. The molecular formula is C12H14N2O4S2. The van der Waals surface area contributed by atoms with Crippen molar-refractivity contribution < 1.29 is 17.6 Å². The number of carbonyl (C=O) groups excluding carboxylic acids is 1. The van der Waals surface area contributed by atoms with E-state index in [9.17, 15) is 13.2 Å². The normalized spacial score (nSPS) is 11.8. The molecule has 0 radical (unpaired) electrons. The van der Waals surface area contributed by atoms with Gasteiger partial charge in [-0.3, -0.25) is 4.79 Å². The summed E-state index contributed by atoms with van der Waals surface area (Å²) in [6.45, 7) is 0.263. The Bertz CT molecular complexity index is 687. The second-order valence-corrected chi connectivity index (χ2v) is 7.26. The van der Waals surface area contributed by atoms with E-state index in [-0.39, 0.29) is 17.3 Å². The van der Waals surface area contributed by atoms with E-state index < -0.39 is 10.0 Å². The van der Waals surface area contributed by atoms with Crippen LogP contribution in [0.4, 0.5) is 0 Å². The van der Waals surface area contributed by atoms with Gasteiger partial charge in [-0.15, -0.1) is 11.3 Å². The van der Waals surface area contributed by atoms with Crippen LogP contribution in [-0.4, -0.2) is 32.7 Å². The fraction of sp³-hybridized carbons (Fsp3) is 0.250. The van der Waals surface area contributed by atoms with Crippen molar-refractivity contribution in [2.45, 2.75) is 11.4 Å². The molecule has 0 fully saturated rings. The molecule has 0 bridgehead atoms. The zero-order chi connectivity index (χ0) is 14.8. The van der Waals surface area contributed by atoms with Gasteiger partial charge in [-0.2, -0.15) is 0 Å². The van der Waals surface area contributed by atoms with Crippen LogP contribution < -0.4 is 5.32 Å². The molecule has 1 N–H and O–H groups in total. The van der Waals surface area contributed by atoms with Crippen LogP contribution >= 0.6 is 11.3 Å². The summed E-state index contributed by atoms with van der Waals surface area (Å²) in [6.07, 6.45) is 1.52. The molecule has 8 heteroatoms. The molecule has 108 valence electrons. The maximum atomic E-state index is 11.9. The van der Waals surface area contributed by atoms with Gasteiger partial charge in [0.05, 0.1) is 22.6 Å². The van der Waals surface area contributed by atoms with Gasteiger partial charge in [0, 0.05) is 19.5 Å². The van der Waals surface area contributed by atoms with E-state index >= 15 is 0 Å². The van der Waals surface area contributed by atoms with Crippen LogP contribution in [0.15, 0.2) is 39.2 Å². The molecule has 0 aromatic carbocycles. The summed E-state index contributed by atoms with van der Waals surface area (Å²) in [5, 5.41) is 4.12. The molecule has 0 aliphatic carbocycles. The first-order chi connectivity index (χ1) is 9.41. The fourth-order valence-corrected chi connectivity index (χ4v) is 3.53. The van der Waals surface area contributed by atoms with E-state index in [1.54, 1.807) is 12.1 Å². The zero-order valence-electron chi connectivity index (χ0n) is 11.0. The molecule has 0 atom stereocenters. The van der Waals surface area contributed by atoms with Gasteiger partial charge < -0.3 is 9.73 Å². The summed E-state index contributed by atoms with van der Waals surface area (Å²) >= 11 is 1.09. The SMILES string of the molecule is CN(C)S(=O)(=O)c1csc(C(=O)NCc2ccco2)c1. The Morgan fingerprint density at radius 3 is 2.80 bits per heavy atom. The minimum Gasteiger partial charge on any atom is -0.467 e. The number of nitrogens with one attached hydrogen (secondary N) is 1. The lowest BCUT2D eigenvalue weighted by atomic mass is 10.4. The molecule has 0 spiro atoms. The summed E-state index contributed by atoms with van der Waals surface area (Å²) < 4.78 is 30.0. The van der Waals surface area contributed by atoms with Crippen LogP contribution in [0.2, 0.25) is 0 Å². The molecule has 0 unspecified atom stereocenters. The molecule has 0 aliphatic heterocycles. The third kappa shape index (κ3) is 3.09. The Balaban J connectivity index is 2.07. The molecule has 0 saturated heterocycles. The fourth-order valence-electron chi connectivity index (χ4n) is 1.45. The van der Waals surface area contributed by atoms with Gasteiger partial charge in [-0.05, 0) is 18.2 Å². The number of hydrogen-bond acceptors (Lipinski definition) is 5. The number of carbonyl (C=O) groups is 1. The Kier molecular flexibility index (Phi) is 4.26. The van der Waals surface area contributed by atoms with E-state index in [4.69, 9.17) is 4.42 Å². The lowest BCUT2D eigenvalue weighted by molar-refractivity contribution is 0.0952. The van der Waals surface area contributed by atoms with Crippen LogP contribution in [0, 0.1) is 0 Å². The van der Waals surface area contributed by atoms with E-state index in [0.717, 1.165) is 15.6 Å². The maximum Gasteiger partial charge on any atom is 0.261 e. The summed E-state index contributed by atoms with van der Waals surface area (Å²) in [5.74, 6) is 0.308. The third-order valence-corrected chi connectivity index (χ3v) is 5.45. The molecule has 6 nitrogen and oxygen atoms in total. The van der Waals surface area contributed by atoms with Crippen molar-refractivity contribution in [1.29, 1.82) is 0 Å². The Morgan fingerprint density at radius 2 is 2.20 bits per heavy atom. The predicted molar refractivity (Wildman–Crippen MR) is 75.1 cm³/mol. The van der Waals surface area contributed by atoms with E-state index in [1.165, 1.54) is 31.8 Å². The summed E-state index contributed by atoms with van der Waals surface area (Å²) in [6, 6.07) is 4.85. The van der Waals surface area contributed by atoms with Crippen LogP contribution in [0.5, 0.6) is 0 Å². The van der Waals surface area contributed by atoms with Gasteiger partial charge in [0.2, 0.25) is 10.0 Å². The molecule has 2 aromatic rings. The van der Waals surface area contributed by atoms with Crippen LogP contribution in [0.3, 0.4) is 0 Å². The smallest absolute Gasteiger partial charge is 0.261 e. The maximum absolute atomic E-state index is 11.9. The average molecular weight is 314 g/mol. The quantitative estimate of drug-likeness (QED) is 0.907. The van der Waals surface area contributed by atoms with Crippen LogP contribution in [-0.2, 0) is 16.6 Å². The predicted octanol–water partition coefficient (Wildman–Crippen LogP) is 1.52. The minimum absolute atomic E-state index is 0.121.